The number of ketones is 1. The van der Waals surface area contributed by atoms with Gasteiger partial charge in [-0.3, -0.25) is 9.59 Å². The van der Waals surface area contributed by atoms with Crippen LogP contribution in [0.25, 0.3) is 0 Å². The Balaban J connectivity index is 2.21. The minimum absolute atomic E-state index is 0.0139. The molecule has 0 aromatic carbocycles. The van der Waals surface area contributed by atoms with Gasteiger partial charge in [-0.1, -0.05) is 12.2 Å². The molecule has 14 heavy (non-hydrogen) atoms. The van der Waals surface area contributed by atoms with Gasteiger partial charge in [-0.25, -0.2) is 0 Å². The van der Waals surface area contributed by atoms with Gasteiger partial charge < -0.3 is 4.74 Å². The molecule has 78 valence electrons. The van der Waals surface area contributed by atoms with Gasteiger partial charge in [0.15, 0.2) is 0 Å². The molecule has 0 fully saturated rings. The molecule has 0 aliphatic heterocycles. The number of carbonyl (C=O) groups is 2. The van der Waals surface area contributed by atoms with Crippen molar-refractivity contribution in [3.63, 3.8) is 0 Å². The van der Waals surface area contributed by atoms with Gasteiger partial charge >= 0.3 is 5.97 Å². The summed E-state index contributed by atoms with van der Waals surface area (Å²) >= 11 is 0. The second-order valence-electron chi connectivity index (χ2n) is 3.49. The topological polar surface area (TPSA) is 43.4 Å². The first-order valence-corrected chi connectivity index (χ1v) is 5.06. The smallest absolute Gasteiger partial charge is 0.313 e. The summed E-state index contributed by atoms with van der Waals surface area (Å²) in [6, 6.07) is 0. The van der Waals surface area contributed by atoms with Crippen molar-refractivity contribution in [1.29, 1.82) is 0 Å². The molecule has 0 N–H and O–H groups in total. The van der Waals surface area contributed by atoms with Crippen molar-refractivity contribution < 1.29 is 14.3 Å². The maximum Gasteiger partial charge on any atom is 0.313 e. The van der Waals surface area contributed by atoms with Crippen LogP contribution < -0.4 is 0 Å². The molecule has 1 aliphatic rings. The lowest BCUT2D eigenvalue weighted by Crippen LogP contribution is -2.13. The average molecular weight is 196 g/mol. The predicted octanol–water partition coefficient (Wildman–Crippen LogP) is 1.86. The van der Waals surface area contributed by atoms with Gasteiger partial charge in [0.05, 0.1) is 6.61 Å². The SMILES string of the molecule is CCOC(=O)CC(=O)CC1C=CCC1. The van der Waals surface area contributed by atoms with Gasteiger partial charge in [0.25, 0.3) is 0 Å². The Hall–Kier alpha value is -1.12. The molecule has 0 heterocycles. The van der Waals surface area contributed by atoms with Crippen LogP contribution in [-0.2, 0) is 14.3 Å². The van der Waals surface area contributed by atoms with Crippen LogP contribution in [0.15, 0.2) is 12.2 Å². The Bertz CT molecular complexity index is 243. The van der Waals surface area contributed by atoms with Crippen molar-refractivity contribution in [2.24, 2.45) is 5.92 Å². The number of carbonyl (C=O) groups excluding carboxylic acids is 2. The largest absolute Gasteiger partial charge is 0.466 e. The monoisotopic (exact) mass is 196 g/mol. The lowest BCUT2D eigenvalue weighted by molar-refractivity contribution is -0.145. The highest BCUT2D eigenvalue weighted by molar-refractivity contribution is 5.95. The average Bonchev–Trinajstić information content (AvgIpc) is 2.56. The van der Waals surface area contributed by atoms with Crippen LogP contribution in [0.5, 0.6) is 0 Å². The van der Waals surface area contributed by atoms with Crippen LogP contribution in [0.2, 0.25) is 0 Å². The minimum Gasteiger partial charge on any atom is -0.466 e. The molecule has 0 bridgehead atoms. The number of rotatable bonds is 5. The molecule has 0 amide bonds. The van der Waals surface area contributed by atoms with Crippen molar-refractivity contribution in [1.82, 2.24) is 0 Å². The summed E-state index contributed by atoms with van der Waals surface area (Å²) in [7, 11) is 0. The highest BCUT2D eigenvalue weighted by atomic mass is 16.5. The summed E-state index contributed by atoms with van der Waals surface area (Å²) in [5.41, 5.74) is 0. The molecule has 1 rings (SSSR count). The van der Waals surface area contributed by atoms with Gasteiger partial charge in [0.1, 0.15) is 12.2 Å². The summed E-state index contributed by atoms with van der Waals surface area (Å²) < 4.78 is 4.70. The fourth-order valence-corrected chi connectivity index (χ4v) is 1.60. The second kappa shape index (κ2) is 5.58. The van der Waals surface area contributed by atoms with E-state index >= 15 is 0 Å². The molecule has 1 unspecified atom stereocenters. The molecule has 0 saturated heterocycles. The number of hydrogen-bond acceptors (Lipinski definition) is 3. The third-order valence-corrected chi connectivity index (χ3v) is 2.25. The maximum atomic E-state index is 11.3. The molecule has 0 aromatic heterocycles. The highest BCUT2D eigenvalue weighted by Gasteiger charge is 2.16. The molecule has 0 aromatic rings. The molecule has 1 atom stereocenters. The van der Waals surface area contributed by atoms with Gasteiger partial charge in [-0.15, -0.1) is 0 Å². The Morgan fingerprint density at radius 2 is 2.29 bits per heavy atom. The number of esters is 1. The van der Waals surface area contributed by atoms with Gasteiger partial charge in [-0.2, -0.15) is 0 Å². The second-order valence-corrected chi connectivity index (χ2v) is 3.49. The van der Waals surface area contributed by atoms with Crippen LogP contribution >= 0.6 is 0 Å². The van der Waals surface area contributed by atoms with Crippen molar-refractivity contribution in [2.75, 3.05) is 6.61 Å². The van der Waals surface area contributed by atoms with E-state index in [1.165, 1.54) is 0 Å². The van der Waals surface area contributed by atoms with E-state index in [9.17, 15) is 9.59 Å². The zero-order chi connectivity index (χ0) is 10.4. The van der Waals surface area contributed by atoms with E-state index in [1.54, 1.807) is 6.92 Å². The zero-order valence-electron chi connectivity index (χ0n) is 8.49. The maximum absolute atomic E-state index is 11.3. The normalized spacial score (nSPS) is 19.6. The molecule has 0 radical (unpaired) electrons. The van der Waals surface area contributed by atoms with E-state index < -0.39 is 5.97 Å². The summed E-state index contributed by atoms with van der Waals surface area (Å²) in [4.78, 5) is 22.3. The van der Waals surface area contributed by atoms with Crippen molar-refractivity contribution in [3.05, 3.63) is 12.2 Å². The number of ether oxygens (including phenoxy) is 1. The Labute approximate surface area is 84.1 Å². The molecule has 0 saturated carbocycles. The van der Waals surface area contributed by atoms with Crippen LogP contribution in [0.1, 0.15) is 32.6 Å². The van der Waals surface area contributed by atoms with E-state index in [1.807, 2.05) is 0 Å². The summed E-state index contributed by atoms with van der Waals surface area (Å²) in [6.45, 7) is 2.08. The van der Waals surface area contributed by atoms with E-state index in [4.69, 9.17) is 4.74 Å². The molecule has 3 heteroatoms. The molecule has 3 nitrogen and oxygen atoms in total. The first-order valence-electron chi connectivity index (χ1n) is 5.06. The van der Waals surface area contributed by atoms with E-state index in [0.29, 0.717) is 18.9 Å². The Morgan fingerprint density at radius 3 is 2.86 bits per heavy atom. The summed E-state index contributed by atoms with van der Waals surface area (Å²) in [6.07, 6.45) is 6.64. The molecular weight excluding hydrogens is 180 g/mol. The molecule has 0 spiro atoms. The van der Waals surface area contributed by atoms with Crippen LogP contribution in [0.4, 0.5) is 0 Å². The van der Waals surface area contributed by atoms with Gasteiger partial charge in [-0.05, 0) is 25.7 Å². The molecule has 1 aliphatic carbocycles. The minimum atomic E-state index is -0.403. The standard InChI is InChI=1S/C11H16O3/c1-2-14-11(13)8-10(12)7-9-5-3-4-6-9/h3,5,9H,2,4,6-8H2,1H3. The van der Waals surface area contributed by atoms with E-state index in [0.717, 1.165) is 12.8 Å². The fraction of sp³-hybridized carbons (Fsp3) is 0.636. The Kier molecular flexibility index (Phi) is 4.36. The van der Waals surface area contributed by atoms with Crippen LogP contribution in [-0.4, -0.2) is 18.4 Å². The Morgan fingerprint density at radius 1 is 1.50 bits per heavy atom. The van der Waals surface area contributed by atoms with Gasteiger partial charge in [0.2, 0.25) is 0 Å². The lowest BCUT2D eigenvalue weighted by atomic mass is 10.0. The molecular formula is C11H16O3. The van der Waals surface area contributed by atoms with Crippen LogP contribution in [0.3, 0.4) is 0 Å². The number of hydrogen-bond donors (Lipinski definition) is 0. The zero-order valence-corrected chi connectivity index (χ0v) is 8.49. The summed E-state index contributed by atoms with van der Waals surface area (Å²) in [5, 5.41) is 0. The predicted molar refractivity (Wildman–Crippen MR) is 52.7 cm³/mol. The number of allylic oxidation sites excluding steroid dienone is 2. The quantitative estimate of drug-likeness (QED) is 0.383. The van der Waals surface area contributed by atoms with E-state index in [-0.39, 0.29) is 12.2 Å². The lowest BCUT2D eigenvalue weighted by Gasteiger charge is -2.05. The first kappa shape index (κ1) is 11.0. The third-order valence-electron chi connectivity index (χ3n) is 2.25. The highest BCUT2D eigenvalue weighted by Crippen LogP contribution is 2.21. The van der Waals surface area contributed by atoms with Crippen molar-refractivity contribution in [3.8, 4) is 0 Å². The van der Waals surface area contributed by atoms with Gasteiger partial charge in [0, 0.05) is 6.42 Å². The fourth-order valence-electron chi connectivity index (χ4n) is 1.60. The van der Waals surface area contributed by atoms with Crippen LogP contribution in [0, 0.1) is 5.92 Å². The van der Waals surface area contributed by atoms with Crippen molar-refractivity contribution >= 4 is 11.8 Å². The first-order chi connectivity index (χ1) is 6.72. The summed E-state index contributed by atoms with van der Waals surface area (Å²) in [5.74, 6) is -0.0728. The third kappa shape index (κ3) is 3.73. The van der Waals surface area contributed by atoms with E-state index in [2.05, 4.69) is 12.2 Å². The number of Topliss-reactive ketones (excluding diaryl/α,β-unsaturated/α-hetero) is 1. The van der Waals surface area contributed by atoms with Crippen molar-refractivity contribution in [2.45, 2.75) is 32.6 Å².